The van der Waals surface area contributed by atoms with Crippen LogP contribution in [0.25, 0.3) is 0 Å². The maximum Gasteiger partial charge on any atom is 0.228 e. The van der Waals surface area contributed by atoms with E-state index in [0.717, 1.165) is 18.8 Å². The minimum absolute atomic E-state index is 0.0220. The first-order valence-electron chi connectivity index (χ1n) is 10.1. The minimum atomic E-state index is -0.294. The molecule has 1 atom stereocenters. The number of hydrogen-bond acceptors (Lipinski definition) is 4. The molecule has 0 saturated carbocycles. The summed E-state index contributed by atoms with van der Waals surface area (Å²) < 4.78 is 5.39. The van der Waals surface area contributed by atoms with E-state index in [9.17, 15) is 9.59 Å². The number of anilines is 2. The molecule has 2 aliphatic heterocycles. The summed E-state index contributed by atoms with van der Waals surface area (Å²) in [7, 11) is 1.59. The smallest absolute Gasteiger partial charge is 0.228 e. The third kappa shape index (κ3) is 3.92. The van der Waals surface area contributed by atoms with E-state index in [4.69, 9.17) is 4.74 Å². The second-order valence-electron chi connectivity index (χ2n) is 7.73. The van der Waals surface area contributed by atoms with Gasteiger partial charge in [-0.15, -0.1) is 0 Å². The van der Waals surface area contributed by atoms with Crippen molar-refractivity contribution in [1.29, 1.82) is 0 Å². The standard InChI is InChI=1S/C23H27N3O3/c1-17-6-5-7-19(14-17)24-10-12-25(13-11-24)23(28)18-15-22(27)26(16-18)20-8-3-4-9-21(20)29-2/h3-9,14,18H,10-13,15-16H2,1-2H3/t18-/m1/s1. The van der Waals surface area contributed by atoms with E-state index in [1.165, 1.54) is 11.3 Å². The van der Waals surface area contributed by atoms with E-state index < -0.39 is 0 Å². The first-order chi connectivity index (χ1) is 14.1. The molecule has 152 valence electrons. The van der Waals surface area contributed by atoms with Crippen molar-refractivity contribution in [3.05, 3.63) is 54.1 Å². The Bertz CT molecular complexity index is 906. The summed E-state index contributed by atoms with van der Waals surface area (Å²) in [5, 5.41) is 0. The van der Waals surface area contributed by atoms with Gasteiger partial charge in [-0.05, 0) is 36.8 Å². The molecule has 2 aromatic carbocycles. The summed E-state index contributed by atoms with van der Waals surface area (Å²) in [5.74, 6) is 0.421. The molecule has 0 N–H and O–H groups in total. The van der Waals surface area contributed by atoms with Gasteiger partial charge in [-0.25, -0.2) is 0 Å². The fourth-order valence-corrected chi connectivity index (χ4v) is 4.23. The Morgan fingerprint density at radius 2 is 1.79 bits per heavy atom. The number of aryl methyl sites for hydroxylation is 1. The zero-order valence-corrected chi connectivity index (χ0v) is 17.0. The number of piperazine rings is 1. The van der Waals surface area contributed by atoms with Crippen LogP contribution in [0.5, 0.6) is 5.75 Å². The van der Waals surface area contributed by atoms with Gasteiger partial charge in [0.15, 0.2) is 0 Å². The van der Waals surface area contributed by atoms with Crippen LogP contribution >= 0.6 is 0 Å². The van der Waals surface area contributed by atoms with Crippen molar-refractivity contribution in [2.45, 2.75) is 13.3 Å². The van der Waals surface area contributed by atoms with Crippen LogP contribution in [0.1, 0.15) is 12.0 Å². The fraction of sp³-hybridized carbons (Fsp3) is 0.391. The number of amides is 2. The van der Waals surface area contributed by atoms with Crippen LogP contribution in [-0.4, -0.2) is 56.5 Å². The zero-order valence-electron chi connectivity index (χ0n) is 17.0. The summed E-state index contributed by atoms with van der Waals surface area (Å²) in [6.45, 7) is 5.50. The third-order valence-corrected chi connectivity index (χ3v) is 5.81. The van der Waals surface area contributed by atoms with E-state index in [0.29, 0.717) is 25.4 Å². The number of hydrogen-bond donors (Lipinski definition) is 0. The Labute approximate surface area is 171 Å². The number of methoxy groups -OCH3 is 1. The molecule has 4 rings (SSSR count). The summed E-state index contributed by atoms with van der Waals surface area (Å²) >= 11 is 0. The van der Waals surface area contributed by atoms with E-state index in [-0.39, 0.29) is 24.2 Å². The SMILES string of the molecule is COc1ccccc1N1C[C@H](C(=O)N2CCN(c3cccc(C)c3)CC2)CC1=O. The molecule has 0 spiro atoms. The fourth-order valence-electron chi connectivity index (χ4n) is 4.23. The number of carbonyl (C=O) groups is 2. The van der Waals surface area contributed by atoms with Gasteiger partial charge in [-0.1, -0.05) is 24.3 Å². The van der Waals surface area contributed by atoms with Gasteiger partial charge >= 0.3 is 0 Å². The maximum atomic E-state index is 13.1. The van der Waals surface area contributed by atoms with Crippen LogP contribution in [0.2, 0.25) is 0 Å². The topological polar surface area (TPSA) is 53.1 Å². The van der Waals surface area contributed by atoms with Crippen LogP contribution in [0.3, 0.4) is 0 Å². The van der Waals surface area contributed by atoms with Crippen molar-refractivity contribution >= 4 is 23.2 Å². The summed E-state index contributed by atoms with van der Waals surface area (Å²) in [6.07, 6.45) is 0.259. The number of carbonyl (C=O) groups excluding carboxylic acids is 2. The lowest BCUT2D eigenvalue weighted by molar-refractivity contribution is -0.136. The Morgan fingerprint density at radius 3 is 2.52 bits per heavy atom. The molecule has 2 aliphatic rings. The molecule has 29 heavy (non-hydrogen) atoms. The monoisotopic (exact) mass is 393 g/mol. The molecule has 0 aromatic heterocycles. The van der Waals surface area contributed by atoms with Crippen molar-refractivity contribution in [3.8, 4) is 5.75 Å². The van der Waals surface area contributed by atoms with Crippen molar-refractivity contribution < 1.29 is 14.3 Å². The van der Waals surface area contributed by atoms with E-state index in [1.54, 1.807) is 12.0 Å². The van der Waals surface area contributed by atoms with Crippen molar-refractivity contribution in [3.63, 3.8) is 0 Å². The second kappa shape index (κ2) is 8.15. The van der Waals surface area contributed by atoms with E-state index in [1.807, 2.05) is 29.2 Å². The molecule has 0 bridgehead atoms. The summed E-state index contributed by atoms with van der Waals surface area (Å²) in [5.41, 5.74) is 3.18. The van der Waals surface area contributed by atoms with Gasteiger partial charge in [0.25, 0.3) is 0 Å². The average molecular weight is 393 g/mol. The molecule has 2 fully saturated rings. The molecule has 6 nitrogen and oxygen atoms in total. The van der Waals surface area contributed by atoms with Gasteiger partial charge in [0.2, 0.25) is 11.8 Å². The van der Waals surface area contributed by atoms with Gasteiger partial charge in [0.1, 0.15) is 5.75 Å². The molecule has 2 heterocycles. The Kier molecular flexibility index (Phi) is 5.43. The quantitative estimate of drug-likeness (QED) is 0.802. The van der Waals surface area contributed by atoms with Gasteiger partial charge < -0.3 is 19.4 Å². The molecule has 2 amide bonds. The second-order valence-corrected chi connectivity index (χ2v) is 7.73. The highest BCUT2D eigenvalue weighted by molar-refractivity contribution is 6.01. The van der Waals surface area contributed by atoms with Gasteiger partial charge in [-0.2, -0.15) is 0 Å². The van der Waals surface area contributed by atoms with Crippen molar-refractivity contribution in [1.82, 2.24) is 4.90 Å². The van der Waals surface area contributed by atoms with Gasteiger partial charge in [-0.3, -0.25) is 9.59 Å². The molecule has 0 aliphatic carbocycles. The van der Waals surface area contributed by atoms with Crippen LogP contribution in [0, 0.1) is 12.8 Å². The lowest BCUT2D eigenvalue weighted by Gasteiger charge is -2.37. The number of nitrogens with zero attached hydrogens (tertiary/aromatic N) is 3. The molecular formula is C23H27N3O3. The third-order valence-electron chi connectivity index (χ3n) is 5.81. The minimum Gasteiger partial charge on any atom is -0.495 e. The van der Waals surface area contributed by atoms with Crippen LogP contribution < -0.4 is 14.5 Å². The van der Waals surface area contributed by atoms with Gasteiger partial charge in [0, 0.05) is 44.8 Å². The predicted molar refractivity (Wildman–Crippen MR) is 113 cm³/mol. The number of para-hydroxylation sites is 2. The number of ether oxygens (including phenoxy) is 1. The largest absolute Gasteiger partial charge is 0.495 e. The van der Waals surface area contributed by atoms with Crippen molar-refractivity contribution in [2.75, 3.05) is 49.6 Å². The Morgan fingerprint density at radius 1 is 1.03 bits per heavy atom. The lowest BCUT2D eigenvalue weighted by Crippen LogP contribution is -2.50. The summed E-state index contributed by atoms with van der Waals surface area (Å²) in [6, 6.07) is 15.9. The Hall–Kier alpha value is -3.02. The zero-order chi connectivity index (χ0) is 20.4. The molecular weight excluding hydrogens is 366 g/mol. The lowest BCUT2D eigenvalue weighted by atomic mass is 10.1. The van der Waals surface area contributed by atoms with Crippen molar-refractivity contribution in [2.24, 2.45) is 5.92 Å². The Balaban J connectivity index is 1.39. The van der Waals surface area contributed by atoms with E-state index in [2.05, 4.69) is 36.1 Å². The maximum absolute atomic E-state index is 13.1. The highest BCUT2D eigenvalue weighted by atomic mass is 16.5. The highest BCUT2D eigenvalue weighted by Gasteiger charge is 2.38. The summed E-state index contributed by atoms with van der Waals surface area (Å²) in [4.78, 5) is 31.6. The first kappa shape index (κ1) is 19.3. The van der Waals surface area contributed by atoms with E-state index >= 15 is 0 Å². The molecule has 0 unspecified atom stereocenters. The number of benzene rings is 2. The molecule has 2 aromatic rings. The van der Waals surface area contributed by atoms with Crippen LogP contribution in [0.15, 0.2) is 48.5 Å². The predicted octanol–water partition coefficient (Wildman–Crippen LogP) is 2.71. The normalized spacial score (nSPS) is 19.6. The molecule has 6 heteroatoms. The number of rotatable bonds is 4. The first-order valence-corrected chi connectivity index (χ1v) is 10.1. The molecule has 0 radical (unpaired) electrons. The van der Waals surface area contributed by atoms with Gasteiger partial charge in [0.05, 0.1) is 18.7 Å². The highest BCUT2D eigenvalue weighted by Crippen LogP contribution is 2.33. The average Bonchev–Trinajstić information content (AvgIpc) is 3.14. The van der Waals surface area contributed by atoms with Crippen LogP contribution in [0.4, 0.5) is 11.4 Å². The van der Waals surface area contributed by atoms with Crippen LogP contribution in [-0.2, 0) is 9.59 Å². The molecule has 2 saturated heterocycles.